The van der Waals surface area contributed by atoms with Crippen molar-refractivity contribution >= 4 is 23.0 Å². The molecule has 1 saturated heterocycles. The summed E-state index contributed by atoms with van der Waals surface area (Å²) in [4.78, 5) is 4.58. The van der Waals surface area contributed by atoms with Crippen molar-refractivity contribution in [3.8, 4) is 0 Å². The molecule has 0 amide bonds. The smallest absolute Gasteiger partial charge is 0.0787 e. The highest BCUT2D eigenvalue weighted by Crippen LogP contribution is 2.31. The van der Waals surface area contributed by atoms with E-state index < -0.39 is 0 Å². The minimum Gasteiger partial charge on any atom is -0.397 e. The van der Waals surface area contributed by atoms with Crippen molar-refractivity contribution in [2.75, 3.05) is 37.8 Å². The number of nitrogen functional groups attached to an aromatic ring is 1. The first-order valence-corrected chi connectivity index (χ1v) is 6.42. The number of likely N-dealkylation sites (tertiary alicyclic amines) is 1. The molecule has 94 valence electrons. The molecule has 4 heteroatoms. The van der Waals surface area contributed by atoms with E-state index in [9.17, 15) is 0 Å². The van der Waals surface area contributed by atoms with Crippen LogP contribution in [0.25, 0.3) is 0 Å². The van der Waals surface area contributed by atoms with Gasteiger partial charge in [-0.25, -0.2) is 0 Å². The van der Waals surface area contributed by atoms with Gasteiger partial charge in [-0.1, -0.05) is 17.7 Å². The number of hydrogen-bond donors (Lipinski definition) is 1. The number of anilines is 2. The molecule has 1 aliphatic heterocycles. The zero-order valence-corrected chi connectivity index (χ0v) is 11.2. The highest BCUT2D eigenvalue weighted by Gasteiger charge is 2.23. The lowest BCUT2D eigenvalue weighted by atomic mass is 10.2. The molecular formula is C13H20ClN3. The third kappa shape index (κ3) is 2.67. The van der Waals surface area contributed by atoms with Gasteiger partial charge in [0.05, 0.1) is 16.4 Å². The highest BCUT2D eigenvalue weighted by atomic mass is 35.5. The van der Waals surface area contributed by atoms with E-state index in [0.717, 1.165) is 22.9 Å². The van der Waals surface area contributed by atoms with Crippen molar-refractivity contribution in [1.29, 1.82) is 0 Å². The molecule has 17 heavy (non-hydrogen) atoms. The van der Waals surface area contributed by atoms with Gasteiger partial charge in [-0.05, 0) is 38.6 Å². The fourth-order valence-electron chi connectivity index (χ4n) is 2.55. The summed E-state index contributed by atoms with van der Waals surface area (Å²) in [6.45, 7) is 2.17. The summed E-state index contributed by atoms with van der Waals surface area (Å²) in [7, 11) is 4.24. The Kier molecular flexibility index (Phi) is 3.79. The lowest BCUT2D eigenvalue weighted by molar-refractivity contribution is 0.314. The third-order valence-electron chi connectivity index (χ3n) is 3.56. The number of nitrogens with zero attached hydrogens (tertiary/aromatic N) is 2. The lowest BCUT2D eigenvalue weighted by Gasteiger charge is -2.28. The average molecular weight is 254 g/mol. The molecule has 1 aromatic carbocycles. The summed E-state index contributed by atoms with van der Waals surface area (Å²) < 4.78 is 0. The van der Waals surface area contributed by atoms with Crippen molar-refractivity contribution in [3.63, 3.8) is 0 Å². The van der Waals surface area contributed by atoms with Crippen molar-refractivity contribution in [3.05, 3.63) is 23.2 Å². The quantitative estimate of drug-likeness (QED) is 0.840. The van der Waals surface area contributed by atoms with Crippen molar-refractivity contribution in [2.24, 2.45) is 0 Å². The molecular weight excluding hydrogens is 234 g/mol. The van der Waals surface area contributed by atoms with E-state index in [-0.39, 0.29) is 0 Å². The highest BCUT2D eigenvalue weighted by molar-refractivity contribution is 6.33. The van der Waals surface area contributed by atoms with Crippen LogP contribution in [0.4, 0.5) is 11.4 Å². The van der Waals surface area contributed by atoms with Gasteiger partial charge in [-0.2, -0.15) is 0 Å². The molecule has 2 rings (SSSR count). The summed E-state index contributed by atoms with van der Waals surface area (Å²) in [6, 6.07) is 6.28. The zero-order chi connectivity index (χ0) is 12.4. The monoisotopic (exact) mass is 253 g/mol. The summed E-state index contributed by atoms with van der Waals surface area (Å²) in [5, 5.41) is 0.730. The van der Waals surface area contributed by atoms with Gasteiger partial charge in [0.15, 0.2) is 0 Å². The lowest BCUT2D eigenvalue weighted by Crippen LogP contribution is -2.37. The molecule has 0 bridgehead atoms. The summed E-state index contributed by atoms with van der Waals surface area (Å²) in [6.07, 6.45) is 2.54. The van der Waals surface area contributed by atoms with Crippen molar-refractivity contribution in [2.45, 2.75) is 18.9 Å². The van der Waals surface area contributed by atoms with E-state index in [4.69, 9.17) is 17.3 Å². The predicted octanol–water partition coefficient (Wildman–Crippen LogP) is 2.45. The first-order valence-electron chi connectivity index (χ1n) is 6.05. The van der Waals surface area contributed by atoms with Gasteiger partial charge in [0.1, 0.15) is 0 Å². The van der Waals surface area contributed by atoms with Crippen LogP contribution in [0.1, 0.15) is 12.8 Å². The van der Waals surface area contributed by atoms with Crippen LogP contribution in [-0.2, 0) is 0 Å². The molecule has 0 aliphatic carbocycles. The van der Waals surface area contributed by atoms with Gasteiger partial charge in [0.25, 0.3) is 0 Å². The molecule has 0 spiro atoms. The van der Waals surface area contributed by atoms with E-state index in [1.54, 1.807) is 0 Å². The Morgan fingerprint density at radius 3 is 2.88 bits per heavy atom. The molecule has 1 fully saturated rings. The van der Waals surface area contributed by atoms with Crippen LogP contribution >= 0.6 is 11.6 Å². The van der Waals surface area contributed by atoms with E-state index in [1.165, 1.54) is 19.4 Å². The second-order valence-corrected chi connectivity index (χ2v) is 5.24. The predicted molar refractivity (Wildman–Crippen MR) is 74.8 cm³/mol. The van der Waals surface area contributed by atoms with Crippen molar-refractivity contribution in [1.82, 2.24) is 4.90 Å². The van der Waals surface area contributed by atoms with Crippen molar-refractivity contribution < 1.29 is 0 Å². The minimum absolute atomic E-state index is 0.607. The first kappa shape index (κ1) is 12.5. The van der Waals surface area contributed by atoms with Crippen LogP contribution in [0.15, 0.2) is 18.2 Å². The largest absolute Gasteiger partial charge is 0.397 e. The van der Waals surface area contributed by atoms with Crippen LogP contribution < -0.4 is 10.6 Å². The van der Waals surface area contributed by atoms with Gasteiger partial charge in [0, 0.05) is 19.6 Å². The van der Waals surface area contributed by atoms with Gasteiger partial charge in [-0.15, -0.1) is 0 Å². The fraction of sp³-hybridized carbons (Fsp3) is 0.538. The molecule has 1 aromatic rings. The van der Waals surface area contributed by atoms with Crippen LogP contribution in [-0.4, -0.2) is 38.1 Å². The molecule has 3 nitrogen and oxygen atoms in total. The number of nitrogens with two attached hydrogens (primary N) is 1. The Labute approximate surface area is 108 Å². The second-order valence-electron chi connectivity index (χ2n) is 4.83. The van der Waals surface area contributed by atoms with Gasteiger partial charge in [-0.3, -0.25) is 0 Å². The maximum atomic E-state index is 6.21. The molecule has 0 aromatic heterocycles. The van der Waals surface area contributed by atoms with E-state index in [2.05, 4.69) is 23.9 Å². The van der Waals surface area contributed by atoms with E-state index >= 15 is 0 Å². The van der Waals surface area contributed by atoms with E-state index in [0.29, 0.717) is 6.04 Å². The SMILES string of the molecule is CN(CC1CCCN1C)c1c(N)cccc1Cl. The summed E-state index contributed by atoms with van der Waals surface area (Å²) in [5.74, 6) is 0. The molecule has 1 heterocycles. The maximum Gasteiger partial charge on any atom is 0.0787 e. The van der Waals surface area contributed by atoms with Crippen LogP contribution in [0, 0.1) is 0 Å². The summed E-state index contributed by atoms with van der Waals surface area (Å²) in [5.41, 5.74) is 7.70. The maximum absolute atomic E-state index is 6.21. The van der Waals surface area contributed by atoms with Gasteiger partial charge < -0.3 is 15.5 Å². The standard InChI is InChI=1S/C13H20ClN3/c1-16-8-4-5-10(16)9-17(2)13-11(14)6-3-7-12(13)15/h3,6-7,10H,4-5,8-9,15H2,1-2H3. The molecule has 2 N–H and O–H groups in total. The third-order valence-corrected chi connectivity index (χ3v) is 3.86. The molecule has 0 saturated carbocycles. The molecule has 0 radical (unpaired) electrons. The normalized spacial score (nSPS) is 20.8. The van der Waals surface area contributed by atoms with Crippen LogP contribution in [0.2, 0.25) is 5.02 Å². The minimum atomic E-state index is 0.607. The number of para-hydroxylation sites is 1. The Balaban J connectivity index is 2.11. The zero-order valence-electron chi connectivity index (χ0n) is 10.5. The topological polar surface area (TPSA) is 32.5 Å². The molecule has 1 atom stereocenters. The Hall–Kier alpha value is -0.930. The van der Waals surface area contributed by atoms with E-state index in [1.807, 2.05) is 18.2 Å². The molecule has 1 unspecified atom stereocenters. The Morgan fingerprint density at radius 2 is 2.29 bits per heavy atom. The number of likely N-dealkylation sites (N-methyl/N-ethyl adjacent to an activating group) is 2. The number of rotatable bonds is 3. The van der Waals surface area contributed by atoms with Crippen LogP contribution in [0.3, 0.4) is 0 Å². The van der Waals surface area contributed by atoms with Gasteiger partial charge >= 0.3 is 0 Å². The number of hydrogen-bond acceptors (Lipinski definition) is 3. The Bertz CT molecular complexity index is 374. The Morgan fingerprint density at radius 1 is 1.53 bits per heavy atom. The summed E-state index contributed by atoms with van der Waals surface area (Å²) >= 11 is 6.21. The fourth-order valence-corrected chi connectivity index (χ4v) is 2.88. The number of halogens is 1. The van der Waals surface area contributed by atoms with Crippen LogP contribution in [0.5, 0.6) is 0 Å². The average Bonchev–Trinajstić information content (AvgIpc) is 2.64. The first-order chi connectivity index (χ1) is 8.09. The number of benzene rings is 1. The second kappa shape index (κ2) is 5.15. The molecule has 1 aliphatic rings. The van der Waals surface area contributed by atoms with Gasteiger partial charge in [0.2, 0.25) is 0 Å².